The maximum Gasteiger partial charge on any atom is 0.188 e. The number of carbonyl (C=O) groups excluding carboxylic acids is 1. The van der Waals surface area contributed by atoms with Crippen molar-refractivity contribution >= 4 is 5.78 Å². The third-order valence-electron chi connectivity index (χ3n) is 2.56. The molecule has 0 saturated heterocycles. The van der Waals surface area contributed by atoms with Gasteiger partial charge in [0.1, 0.15) is 12.4 Å². The molecule has 0 aliphatic heterocycles. The molecule has 1 aromatic rings. The first kappa shape index (κ1) is 13.7. The van der Waals surface area contributed by atoms with Crippen LogP contribution in [-0.4, -0.2) is 26.1 Å². The number of methoxy groups -OCH3 is 1. The Labute approximate surface area is 103 Å². The van der Waals surface area contributed by atoms with Crippen molar-refractivity contribution in [2.75, 3.05) is 20.3 Å². The molecule has 0 heterocycles. The van der Waals surface area contributed by atoms with E-state index in [0.29, 0.717) is 12.2 Å². The lowest BCUT2D eigenvalue weighted by atomic mass is 10.0. The van der Waals surface area contributed by atoms with Crippen molar-refractivity contribution in [1.29, 1.82) is 0 Å². The highest BCUT2D eigenvalue weighted by Crippen LogP contribution is 2.23. The normalized spacial score (nSPS) is 10.4. The van der Waals surface area contributed by atoms with Gasteiger partial charge in [-0.3, -0.25) is 4.79 Å². The number of ketones is 1. The maximum absolute atomic E-state index is 11.8. The molecule has 17 heavy (non-hydrogen) atoms. The molecule has 0 bridgehead atoms. The topological polar surface area (TPSA) is 35.5 Å². The van der Waals surface area contributed by atoms with Crippen molar-refractivity contribution in [2.45, 2.75) is 27.2 Å². The molecular weight excluding hydrogens is 216 g/mol. The second-order valence-electron chi connectivity index (χ2n) is 4.14. The van der Waals surface area contributed by atoms with Gasteiger partial charge in [0.2, 0.25) is 0 Å². The SMILES string of the molecule is CCCOc1cc(C)c(C(=O)COC)cc1C. The van der Waals surface area contributed by atoms with E-state index in [1.807, 2.05) is 26.0 Å². The zero-order valence-electron chi connectivity index (χ0n) is 11.0. The summed E-state index contributed by atoms with van der Waals surface area (Å²) in [6.07, 6.45) is 0.975. The number of Topliss-reactive ketones (excluding diaryl/α,β-unsaturated/α-hetero) is 1. The van der Waals surface area contributed by atoms with Gasteiger partial charge in [-0.05, 0) is 43.5 Å². The number of rotatable bonds is 6. The average Bonchev–Trinajstić information content (AvgIpc) is 2.30. The van der Waals surface area contributed by atoms with E-state index in [-0.39, 0.29) is 12.4 Å². The molecule has 0 amide bonds. The smallest absolute Gasteiger partial charge is 0.188 e. The Morgan fingerprint density at radius 2 is 1.94 bits per heavy atom. The summed E-state index contributed by atoms with van der Waals surface area (Å²) in [5.74, 6) is 0.869. The van der Waals surface area contributed by atoms with Crippen molar-refractivity contribution < 1.29 is 14.3 Å². The fourth-order valence-corrected chi connectivity index (χ4v) is 1.67. The van der Waals surface area contributed by atoms with Gasteiger partial charge < -0.3 is 9.47 Å². The van der Waals surface area contributed by atoms with Gasteiger partial charge in [-0.2, -0.15) is 0 Å². The standard InChI is InChI=1S/C14H20O3/c1-5-6-17-14-8-10(2)12(7-11(14)3)13(15)9-16-4/h7-8H,5-6,9H2,1-4H3. The fourth-order valence-electron chi connectivity index (χ4n) is 1.67. The van der Waals surface area contributed by atoms with Crippen LogP contribution in [0, 0.1) is 13.8 Å². The second-order valence-corrected chi connectivity index (χ2v) is 4.14. The first-order valence-corrected chi connectivity index (χ1v) is 5.86. The van der Waals surface area contributed by atoms with Gasteiger partial charge >= 0.3 is 0 Å². The van der Waals surface area contributed by atoms with Gasteiger partial charge in [0.15, 0.2) is 5.78 Å². The van der Waals surface area contributed by atoms with Gasteiger partial charge in [0.05, 0.1) is 6.61 Å². The van der Waals surface area contributed by atoms with Crippen LogP contribution < -0.4 is 4.74 Å². The molecule has 0 N–H and O–H groups in total. The van der Waals surface area contributed by atoms with E-state index in [4.69, 9.17) is 9.47 Å². The predicted octanol–water partition coefficient (Wildman–Crippen LogP) is 2.92. The van der Waals surface area contributed by atoms with E-state index in [2.05, 4.69) is 6.92 Å². The third-order valence-corrected chi connectivity index (χ3v) is 2.56. The van der Waals surface area contributed by atoms with Crippen molar-refractivity contribution in [2.24, 2.45) is 0 Å². The van der Waals surface area contributed by atoms with Crippen LogP contribution in [0.1, 0.15) is 34.8 Å². The maximum atomic E-state index is 11.8. The number of aryl methyl sites for hydroxylation is 2. The van der Waals surface area contributed by atoms with E-state index in [9.17, 15) is 4.79 Å². The molecule has 1 rings (SSSR count). The molecule has 3 heteroatoms. The van der Waals surface area contributed by atoms with Gasteiger partial charge in [0, 0.05) is 12.7 Å². The van der Waals surface area contributed by atoms with Crippen LogP contribution in [0.4, 0.5) is 0 Å². The van der Waals surface area contributed by atoms with Crippen LogP contribution in [0.2, 0.25) is 0 Å². The monoisotopic (exact) mass is 236 g/mol. The highest BCUT2D eigenvalue weighted by atomic mass is 16.5. The lowest BCUT2D eigenvalue weighted by Crippen LogP contribution is -2.10. The molecule has 0 aliphatic carbocycles. The van der Waals surface area contributed by atoms with E-state index >= 15 is 0 Å². The van der Waals surface area contributed by atoms with Gasteiger partial charge in [0.25, 0.3) is 0 Å². The summed E-state index contributed by atoms with van der Waals surface area (Å²) >= 11 is 0. The van der Waals surface area contributed by atoms with Crippen molar-refractivity contribution in [1.82, 2.24) is 0 Å². The minimum atomic E-state index is 0.00939. The summed E-state index contributed by atoms with van der Waals surface area (Å²) in [5.41, 5.74) is 2.64. The minimum absolute atomic E-state index is 0.00939. The molecule has 0 saturated carbocycles. The summed E-state index contributed by atoms with van der Waals surface area (Å²) in [6, 6.07) is 3.80. The lowest BCUT2D eigenvalue weighted by molar-refractivity contribution is 0.0847. The Morgan fingerprint density at radius 1 is 1.24 bits per heavy atom. The zero-order valence-corrected chi connectivity index (χ0v) is 11.0. The molecular formula is C14H20O3. The molecule has 0 radical (unpaired) electrons. The summed E-state index contributed by atoms with van der Waals surface area (Å²) < 4.78 is 10.5. The minimum Gasteiger partial charge on any atom is -0.493 e. The van der Waals surface area contributed by atoms with Crippen LogP contribution in [0.3, 0.4) is 0 Å². The second kappa shape index (κ2) is 6.40. The Bertz CT molecular complexity index is 397. The molecule has 94 valence electrons. The van der Waals surface area contributed by atoms with Gasteiger partial charge in [-0.1, -0.05) is 6.92 Å². The molecule has 0 atom stereocenters. The Kier molecular flexibility index (Phi) is 5.16. The number of hydrogen-bond acceptors (Lipinski definition) is 3. The van der Waals surface area contributed by atoms with Crippen molar-refractivity contribution in [3.8, 4) is 5.75 Å². The molecule has 0 aromatic heterocycles. The summed E-state index contributed by atoms with van der Waals surface area (Å²) in [5, 5.41) is 0. The number of ether oxygens (including phenoxy) is 2. The number of benzene rings is 1. The quantitative estimate of drug-likeness (QED) is 0.712. The predicted molar refractivity (Wildman–Crippen MR) is 67.9 cm³/mol. The third kappa shape index (κ3) is 3.56. The van der Waals surface area contributed by atoms with Crippen LogP contribution in [-0.2, 0) is 4.74 Å². The number of hydrogen-bond donors (Lipinski definition) is 0. The summed E-state index contributed by atoms with van der Waals surface area (Å²) in [4.78, 5) is 11.8. The first-order chi connectivity index (χ1) is 8.10. The van der Waals surface area contributed by atoms with Gasteiger partial charge in [-0.25, -0.2) is 0 Å². The highest BCUT2D eigenvalue weighted by molar-refractivity contribution is 5.98. The summed E-state index contributed by atoms with van der Waals surface area (Å²) in [7, 11) is 1.53. The molecule has 0 spiro atoms. The first-order valence-electron chi connectivity index (χ1n) is 5.86. The molecule has 0 fully saturated rings. The number of carbonyl (C=O) groups is 1. The highest BCUT2D eigenvalue weighted by Gasteiger charge is 2.12. The fraction of sp³-hybridized carbons (Fsp3) is 0.500. The molecule has 1 aromatic carbocycles. The van der Waals surface area contributed by atoms with E-state index in [0.717, 1.165) is 23.3 Å². The Balaban J connectivity index is 2.96. The van der Waals surface area contributed by atoms with E-state index in [1.165, 1.54) is 7.11 Å². The Morgan fingerprint density at radius 3 is 2.53 bits per heavy atom. The molecule has 3 nitrogen and oxygen atoms in total. The van der Waals surface area contributed by atoms with Crippen LogP contribution in [0.25, 0.3) is 0 Å². The Hall–Kier alpha value is -1.35. The van der Waals surface area contributed by atoms with E-state index in [1.54, 1.807) is 0 Å². The largest absolute Gasteiger partial charge is 0.493 e. The zero-order chi connectivity index (χ0) is 12.8. The average molecular weight is 236 g/mol. The molecule has 0 aliphatic rings. The summed E-state index contributed by atoms with van der Waals surface area (Å²) in [6.45, 7) is 6.76. The van der Waals surface area contributed by atoms with Crippen molar-refractivity contribution in [3.63, 3.8) is 0 Å². The van der Waals surface area contributed by atoms with Crippen LogP contribution in [0.5, 0.6) is 5.75 Å². The lowest BCUT2D eigenvalue weighted by Gasteiger charge is -2.12. The van der Waals surface area contributed by atoms with Crippen molar-refractivity contribution in [3.05, 3.63) is 28.8 Å². The molecule has 0 unspecified atom stereocenters. The van der Waals surface area contributed by atoms with Gasteiger partial charge in [-0.15, -0.1) is 0 Å². The van der Waals surface area contributed by atoms with Crippen LogP contribution >= 0.6 is 0 Å². The van der Waals surface area contributed by atoms with Crippen LogP contribution in [0.15, 0.2) is 12.1 Å². The van der Waals surface area contributed by atoms with E-state index < -0.39 is 0 Å².